The summed E-state index contributed by atoms with van der Waals surface area (Å²) in [6.45, 7) is 5.90. The highest BCUT2D eigenvalue weighted by molar-refractivity contribution is 5.79. The molecule has 0 radical (unpaired) electrons. The van der Waals surface area contributed by atoms with Gasteiger partial charge < -0.3 is 9.84 Å². The van der Waals surface area contributed by atoms with E-state index in [-0.39, 0.29) is 13.0 Å². The summed E-state index contributed by atoms with van der Waals surface area (Å²) in [5, 5.41) is 9.01. The number of ether oxygens (including phenoxy) is 1. The first-order valence-electron chi connectivity index (χ1n) is 14.8. The molecule has 1 unspecified atom stereocenters. The number of hydrogen-bond acceptors (Lipinski definition) is 3. The highest BCUT2D eigenvalue weighted by atomic mass is 16.5. The number of esters is 1. The van der Waals surface area contributed by atoms with Crippen LogP contribution < -0.4 is 0 Å². The molecule has 1 atom stereocenters. The Morgan fingerprint density at radius 2 is 1.14 bits per heavy atom. The third-order valence-electron chi connectivity index (χ3n) is 6.64. The zero-order chi connectivity index (χ0) is 25.8. The molecule has 35 heavy (non-hydrogen) atoms. The van der Waals surface area contributed by atoms with Crippen LogP contribution in [0.4, 0.5) is 0 Å². The second-order valence-electron chi connectivity index (χ2n) is 10.1. The van der Waals surface area contributed by atoms with Crippen molar-refractivity contribution in [3.05, 3.63) is 24.8 Å². The summed E-state index contributed by atoms with van der Waals surface area (Å²) in [6, 6.07) is 0. The summed E-state index contributed by atoms with van der Waals surface area (Å²) in [7, 11) is 0. The molecule has 204 valence electrons. The molecular formula is C31H56O4. The third-order valence-corrected chi connectivity index (χ3v) is 6.64. The van der Waals surface area contributed by atoms with Crippen molar-refractivity contribution in [1.29, 1.82) is 0 Å². The number of rotatable bonds is 27. The molecule has 0 aromatic carbocycles. The standard InChI is InChI=1S/C31H56O4/c1-3-5-6-7-8-9-10-11-12-13-14-15-16-17-18-19-20-21-22-23-24-25-26-29(28-30(32)33)31(34)35-27-4-2/h4,6-7,29H,2-3,5,8-28H2,1H3,(H,32,33)/b7-6+. The van der Waals surface area contributed by atoms with Crippen LogP contribution in [0.3, 0.4) is 0 Å². The molecule has 0 aliphatic rings. The fourth-order valence-electron chi connectivity index (χ4n) is 4.48. The lowest BCUT2D eigenvalue weighted by Crippen LogP contribution is -2.21. The molecule has 4 nitrogen and oxygen atoms in total. The van der Waals surface area contributed by atoms with E-state index in [4.69, 9.17) is 9.84 Å². The lowest BCUT2D eigenvalue weighted by molar-refractivity contribution is -0.152. The highest BCUT2D eigenvalue weighted by Crippen LogP contribution is 2.18. The van der Waals surface area contributed by atoms with Crippen LogP contribution >= 0.6 is 0 Å². The van der Waals surface area contributed by atoms with Crippen molar-refractivity contribution in [1.82, 2.24) is 0 Å². The molecule has 0 amide bonds. The summed E-state index contributed by atoms with van der Waals surface area (Å²) in [5.41, 5.74) is 0. The molecule has 0 heterocycles. The first-order valence-corrected chi connectivity index (χ1v) is 14.8. The minimum atomic E-state index is -0.942. The second-order valence-corrected chi connectivity index (χ2v) is 10.1. The predicted molar refractivity (Wildman–Crippen MR) is 149 cm³/mol. The molecule has 0 aromatic rings. The van der Waals surface area contributed by atoms with Crippen LogP contribution in [0.5, 0.6) is 0 Å². The Morgan fingerprint density at radius 1 is 0.714 bits per heavy atom. The van der Waals surface area contributed by atoms with Gasteiger partial charge in [0, 0.05) is 0 Å². The average Bonchev–Trinajstić information content (AvgIpc) is 2.84. The summed E-state index contributed by atoms with van der Waals surface area (Å²) in [5.74, 6) is -1.88. The van der Waals surface area contributed by atoms with E-state index in [0.29, 0.717) is 6.42 Å². The molecule has 0 aliphatic heterocycles. The van der Waals surface area contributed by atoms with Gasteiger partial charge >= 0.3 is 11.9 Å². The second kappa shape index (κ2) is 27.0. The Bertz CT molecular complexity index is 526. The van der Waals surface area contributed by atoms with E-state index >= 15 is 0 Å². The smallest absolute Gasteiger partial charge is 0.309 e. The topological polar surface area (TPSA) is 63.6 Å². The fraction of sp³-hybridized carbons (Fsp3) is 0.806. The molecule has 0 aliphatic carbocycles. The van der Waals surface area contributed by atoms with Crippen molar-refractivity contribution < 1.29 is 19.4 Å². The summed E-state index contributed by atoms with van der Waals surface area (Å²) in [4.78, 5) is 22.9. The van der Waals surface area contributed by atoms with Gasteiger partial charge in [0.25, 0.3) is 0 Å². The Labute approximate surface area is 217 Å². The van der Waals surface area contributed by atoms with Gasteiger partial charge in [-0.1, -0.05) is 141 Å². The van der Waals surface area contributed by atoms with E-state index in [2.05, 4.69) is 25.7 Å². The van der Waals surface area contributed by atoms with Crippen LogP contribution in [-0.2, 0) is 14.3 Å². The van der Waals surface area contributed by atoms with Gasteiger partial charge in [0.05, 0.1) is 12.3 Å². The Hall–Kier alpha value is -1.58. The van der Waals surface area contributed by atoms with E-state index in [0.717, 1.165) is 19.3 Å². The van der Waals surface area contributed by atoms with Gasteiger partial charge in [0.15, 0.2) is 0 Å². The first-order chi connectivity index (χ1) is 17.1. The zero-order valence-corrected chi connectivity index (χ0v) is 23.0. The molecule has 0 saturated heterocycles. The maximum Gasteiger partial charge on any atom is 0.309 e. The maximum absolute atomic E-state index is 12.0. The van der Waals surface area contributed by atoms with Crippen LogP contribution in [0, 0.1) is 5.92 Å². The number of unbranched alkanes of at least 4 members (excludes halogenated alkanes) is 18. The average molecular weight is 493 g/mol. The Morgan fingerprint density at radius 3 is 1.57 bits per heavy atom. The van der Waals surface area contributed by atoms with Gasteiger partial charge in [-0.15, -0.1) is 0 Å². The van der Waals surface area contributed by atoms with Gasteiger partial charge in [-0.3, -0.25) is 9.59 Å². The van der Waals surface area contributed by atoms with Gasteiger partial charge in [0.1, 0.15) is 6.61 Å². The van der Waals surface area contributed by atoms with Crippen molar-refractivity contribution in [2.75, 3.05) is 6.61 Å². The maximum atomic E-state index is 12.0. The van der Waals surface area contributed by atoms with Crippen LogP contribution in [0.25, 0.3) is 0 Å². The van der Waals surface area contributed by atoms with E-state index in [9.17, 15) is 9.59 Å². The number of hydrogen-bond donors (Lipinski definition) is 1. The van der Waals surface area contributed by atoms with Crippen molar-refractivity contribution in [3.8, 4) is 0 Å². The molecule has 0 rings (SSSR count). The molecule has 0 saturated carbocycles. The monoisotopic (exact) mass is 492 g/mol. The van der Waals surface area contributed by atoms with Crippen LogP contribution in [0.2, 0.25) is 0 Å². The van der Waals surface area contributed by atoms with Crippen molar-refractivity contribution in [2.24, 2.45) is 5.92 Å². The Balaban J connectivity index is 3.38. The largest absolute Gasteiger partial charge is 0.481 e. The lowest BCUT2D eigenvalue weighted by atomic mass is 9.97. The van der Waals surface area contributed by atoms with Gasteiger partial charge in [-0.2, -0.15) is 0 Å². The number of carbonyl (C=O) groups excluding carboxylic acids is 1. The third kappa shape index (κ3) is 25.3. The van der Waals surface area contributed by atoms with Crippen LogP contribution in [-0.4, -0.2) is 23.7 Å². The van der Waals surface area contributed by atoms with E-state index in [1.54, 1.807) is 0 Å². The summed E-state index contributed by atoms with van der Waals surface area (Å²) < 4.78 is 5.03. The first kappa shape index (κ1) is 33.4. The number of carboxylic acid groups (broad SMARTS) is 1. The highest BCUT2D eigenvalue weighted by Gasteiger charge is 2.22. The number of carbonyl (C=O) groups is 2. The molecule has 0 aromatic heterocycles. The Kier molecular flexibility index (Phi) is 25.8. The number of carboxylic acids is 1. The quantitative estimate of drug-likeness (QED) is 0.0704. The molecule has 0 spiro atoms. The van der Waals surface area contributed by atoms with Crippen molar-refractivity contribution in [2.45, 2.75) is 148 Å². The van der Waals surface area contributed by atoms with E-state index < -0.39 is 17.9 Å². The minimum absolute atomic E-state index is 0.145. The van der Waals surface area contributed by atoms with Crippen molar-refractivity contribution >= 4 is 11.9 Å². The summed E-state index contributed by atoms with van der Waals surface area (Å²) >= 11 is 0. The van der Waals surface area contributed by atoms with E-state index in [1.807, 2.05) is 0 Å². The SMILES string of the molecule is C=CCOC(=O)C(CCCCCCCCCCCCCCCCCCC/C=C/CCC)CC(=O)O. The van der Waals surface area contributed by atoms with Crippen LogP contribution in [0.1, 0.15) is 148 Å². The van der Waals surface area contributed by atoms with E-state index in [1.165, 1.54) is 115 Å². The van der Waals surface area contributed by atoms with Gasteiger partial charge in [-0.25, -0.2) is 0 Å². The van der Waals surface area contributed by atoms with Gasteiger partial charge in [-0.05, 0) is 25.7 Å². The summed E-state index contributed by atoms with van der Waals surface area (Å²) in [6.07, 6.45) is 32.7. The molecule has 4 heteroatoms. The predicted octanol–water partition coefficient (Wildman–Crippen LogP) is 9.57. The fourth-order valence-corrected chi connectivity index (χ4v) is 4.48. The normalized spacial score (nSPS) is 12.1. The molecular weight excluding hydrogens is 436 g/mol. The molecule has 0 bridgehead atoms. The lowest BCUT2D eigenvalue weighted by Gasteiger charge is -2.13. The zero-order valence-electron chi connectivity index (χ0n) is 23.0. The van der Waals surface area contributed by atoms with Crippen molar-refractivity contribution in [3.63, 3.8) is 0 Å². The molecule has 0 fully saturated rings. The van der Waals surface area contributed by atoms with Gasteiger partial charge in [0.2, 0.25) is 0 Å². The number of aliphatic carboxylic acids is 1. The minimum Gasteiger partial charge on any atom is -0.481 e. The molecule has 1 N–H and O–H groups in total. The number of allylic oxidation sites excluding steroid dienone is 2. The van der Waals surface area contributed by atoms with Crippen LogP contribution in [0.15, 0.2) is 24.8 Å².